The number of hydrogen-bond donors (Lipinski definition) is 2. The standard InChI is InChI=1S/C23H23NO4/c1-27-21-13-9-19(10-14-21)24-15-20(25)16-28-22-11-7-18(8-12-22)23(26)17-5-3-2-4-6-17/h2-14,20,24-25H,15-16H2,1H3/t20-/m0/s1. The van der Waals surface area contributed by atoms with E-state index in [1.165, 1.54) is 0 Å². The Labute approximate surface area is 164 Å². The van der Waals surface area contributed by atoms with Crippen LogP contribution in [0.5, 0.6) is 11.5 Å². The minimum Gasteiger partial charge on any atom is -0.497 e. The van der Waals surface area contributed by atoms with E-state index in [1.54, 1.807) is 43.5 Å². The van der Waals surface area contributed by atoms with E-state index < -0.39 is 6.10 Å². The summed E-state index contributed by atoms with van der Waals surface area (Å²) >= 11 is 0. The number of carbonyl (C=O) groups excluding carboxylic acids is 1. The van der Waals surface area contributed by atoms with Crippen LogP contribution in [0.25, 0.3) is 0 Å². The summed E-state index contributed by atoms with van der Waals surface area (Å²) in [6, 6.07) is 23.5. The zero-order valence-corrected chi connectivity index (χ0v) is 15.7. The molecule has 144 valence electrons. The molecule has 0 aliphatic carbocycles. The molecule has 0 aromatic heterocycles. The first-order chi connectivity index (χ1) is 13.7. The van der Waals surface area contributed by atoms with Gasteiger partial charge in [-0.2, -0.15) is 0 Å². The molecule has 0 radical (unpaired) electrons. The number of benzene rings is 3. The van der Waals surface area contributed by atoms with Crippen molar-refractivity contribution in [1.29, 1.82) is 0 Å². The van der Waals surface area contributed by atoms with Crippen molar-refractivity contribution >= 4 is 11.5 Å². The predicted molar refractivity (Wildman–Crippen MR) is 109 cm³/mol. The molecule has 0 aliphatic heterocycles. The highest BCUT2D eigenvalue weighted by molar-refractivity contribution is 6.08. The smallest absolute Gasteiger partial charge is 0.193 e. The Bertz CT molecular complexity index is 877. The number of carbonyl (C=O) groups is 1. The molecule has 5 nitrogen and oxygen atoms in total. The third-order valence-electron chi connectivity index (χ3n) is 4.23. The van der Waals surface area contributed by atoms with Gasteiger partial charge in [-0.3, -0.25) is 4.79 Å². The molecular formula is C23H23NO4. The number of hydrogen-bond acceptors (Lipinski definition) is 5. The van der Waals surface area contributed by atoms with Crippen LogP contribution in [0.3, 0.4) is 0 Å². The number of anilines is 1. The summed E-state index contributed by atoms with van der Waals surface area (Å²) in [5.41, 5.74) is 2.14. The summed E-state index contributed by atoms with van der Waals surface area (Å²) in [5.74, 6) is 1.35. The highest BCUT2D eigenvalue weighted by Gasteiger charge is 2.09. The van der Waals surface area contributed by atoms with Gasteiger partial charge in [0, 0.05) is 23.4 Å². The number of ketones is 1. The average Bonchev–Trinajstić information content (AvgIpc) is 2.77. The summed E-state index contributed by atoms with van der Waals surface area (Å²) < 4.78 is 10.7. The van der Waals surface area contributed by atoms with Crippen LogP contribution >= 0.6 is 0 Å². The molecular weight excluding hydrogens is 354 g/mol. The van der Waals surface area contributed by atoms with Crippen LogP contribution in [0.2, 0.25) is 0 Å². The van der Waals surface area contributed by atoms with Crippen molar-refractivity contribution in [1.82, 2.24) is 0 Å². The summed E-state index contributed by atoms with van der Waals surface area (Å²) in [5, 5.41) is 13.2. The lowest BCUT2D eigenvalue weighted by Gasteiger charge is -2.14. The molecule has 3 rings (SSSR count). The Kier molecular flexibility index (Phi) is 6.65. The molecule has 0 saturated heterocycles. The van der Waals surface area contributed by atoms with Crippen molar-refractivity contribution in [2.45, 2.75) is 6.10 Å². The quantitative estimate of drug-likeness (QED) is 0.556. The molecule has 0 heterocycles. The monoisotopic (exact) mass is 377 g/mol. The fraction of sp³-hybridized carbons (Fsp3) is 0.174. The van der Waals surface area contributed by atoms with Gasteiger partial charge in [0.05, 0.1) is 7.11 Å². The van der Waals surface area contributed by atoms with Crippen molar-refractivity contribution in [2.75, 3.05) is 25.6 Å². The SMILES string of the molecule is COc1ccc(NC[C@H](O)COc2ccc(C(=O)c3ccccc3)cc2)cc1. The maximum atomic E-state index is 12.4. The lowest BCUT2D eigenvalue weighted by Crippen LogP contribution is -2.26. The van der Waals surface area contributed by atoms with Gasteiger partial charge in [0.2, 0.25) is 0 Å². The second-order valence-corrected chi connectivity index (χ2v) is 6.29. The predicted octanol–water partition coefficient (Wildman–Crippen LogP) is 3.78. The van der Waals surface area contributed by atoms with Crippen molar-refractivity contribution in [2.24, 2.45) is 0 Å². The first-order valence-electron chi connectivity index (χ1n) is 9.04. The van der Waals surface area contributed by atoms with Crippen LogP contribution in [-0.4, -0.2) is 37.3 Å². The van der Waals surface area contributed by atoms with Crippen molar-refractivity contribution in [3.05, 3.63) is 90.0 Å². The lowest BCUT2D eigenvalue weighted by molar-refractivity contribution is 0.103. The summed E-state index contributed by atoms with van der Waals surface area (Å²) in [6.45, 7) is 0.506. The van der Waals surface area contributed by atoms with E-state index in [1.807, 2.05) is 42.5 Å². The van der Waals surface area contributed by atoms with Gasteiger partial charge in [-0.25, -0.2) is 0 Å². The minimum atomic E-state index is -0.673. The van der Waals surface area contributed by atoms with Crippen molar-refractivity contribution < 1.29 is 19.4 Å². The molecule has 0 saturated carbocycles. The zero-order valence-electron chi connectivity index (χ0n) is 15.7. The largest absolute Gasteiger partial charge is 0.497 e. The molecule has 0 amide bonds. The van der Waals surface area contributed by atoms with Gasteiger partial charge >= 0.3 is 0 Å². The molecule has 2 N–H and O–H groups in total. The topological polar surface area (TPSA) is 67.8 Å². The molecule has 5 heteroatoms. The third-order valence-corrected chi connectivity index (χ3v) is 4.23. The maximum absolute atomic E-state index is 12.4. The molecule has 0 fully saturated rings. The highest BCUT2D eigenvalue weighted by Crippen LogP contribution is 2.17. The van der Waals surface area contributed by atoms with E-state index >= 15 is 0 Å². The van der Waals surface area contributed by atoms with E-state index in [2.05, 4.69) is 5.32 Å². The number of ether oxygens (including phenoxy) is 2. The van der Waals surface area contributed by atoms with Crippen LogP contribution in [0.15, 0.2) is 78.9 Å². The van der Waals surface area contributed by atoms with Crippen LogP contribution in [0.1, 0.15) is 15.9 Å². The Morgan fingerprint density at radius 2 is 1.50 bits per heavy atom. The first kappa shape index (κ1) is 19.5. The summed E-state index contributed by atoms with van der Waals surface area (Å²) in [4.78, 5) is 12.4. The molecule has 0 spiro atoms. The molecule has 0 bridgehead atoms. The van der Waals surface area contributed by atoms with Gasteiger partial charge < -0.3 is 19.9 Å². The average molecular weight is 377 g/mol. The maximum Gasteiger partial charge on any atom is 0.193 e. The van der Waals surface area contributed by atoms with Crippen LogP contribution in [0, 0.1) is 0 Å². The first-order valence-corrected chi connectivity index (χ1v) is 9.04. The molecule has 3 aromatic carbocycles. The van der Waals surface area contributed by atoms with Crippen molar-refractivity contribution in [3.63, 3.8) is 0 Å². The lowest BCUT2D eigenvalue weighted by atomic mass is 10.0. The Balaban J connectivity index is 1.46. The van der Waals surface area contributed by atoms with E-state index in [0.717, 1.165) is 11.4 Å². The summed E-state index contributed by atoms with van der Waals surface area (Å²) in [6.07, 6.45) is -0.673. The fourth-order valence-corrected chi connectivity index (χ4v) is 2.65. The minimum absolute atomic E-state index is 0.0316. The van der Waals surface area contributed by atoms with Crippen LogP contribution in [-0.2, 0) is 0 Å². The molecule has 0 unspecified atom stereocenters. The van der Waals surface area contributed by atoms with E-state index in [9.17, 15) is 9.90 Å². The van der Waals surface area contributed by atoms with Crippen molar-refractivity contribution in [3.8, 4) is 11.5 Å². The van der Waals surface area contributed by atoms with Gasteiger partial charge in [-0.1, -0.05) is 30.3 Å². The number of rotatable bonds is 9. The molecule has 0 aliphatic rings. The van der Waals surface area contributed by atoms with Gasteiger partial charge in [0.25, 0.3) is 0 Å². The van der Waals surface area contributed by atoms with E-state index in [-0.39, 0.29) is 12.4 Å². The van der Waals surface area contributed by atoms with Crippen LogP contribution in [0.4, 0.5) is 5.69 Å². The van der Waals surface area contributed by atoms with Gasteiger partial charge in [-0.05, 0) is 48.5 Å². The van der Waals surface area contributed by atoms with Crippen LogP contribution < -0.4 is 14.8 Å². The number of nitrogens with one attached hydrogen (secondary N) is 1. The van der Waals surface area contributed by atoms with Gasteiger partial charge in [0.15, 0.2) is 5.78 Å². The molecule has 3 aromatic rings. The molecule has 1 atom stereocenters. The second-order valence-electron chi connectivity index (χ2n) is 6.29. The number of methoxy groups -OCH3 is 1. The highest BCUT2D eigenvalue weighted by atomic mass is 16.5. The zero-order chi connectivity index (χ0) is 19.8. The number of aliphatic hydroxyl groups excluding tert-OH is 1. The van der Waals surface area contributed by atoms with E-state index in [0.29, 0.717) is 23.4 Å². The normalized spacial score (nSPS) is 11.5. The number of aliphatic hydroxyl groups is 1. The Hall–Kier alpha value is -3.31. The van der Waals surface area contributed by atoms with Gasteiger partial charge in [0.1, 0.15) is 24.2 Å². The van der Waals surface area contributed by atoms with Gasteiger partial charge in [-0.15, -0.1) is 0 Å². The Morgan fingerprint density at radius 3 is 2.14 bits per heavy atom. The van der Waals surface area contributed by atoms with E-state index in [4.69, 9.17) is 9.47 Å². The third kappa shape index (κ3) is 5.34. The Morgan fingerprint density at radius 1 is 0.893 bits per heavy atom. The summed E-state index contributed by atoms with van der Waals surface area (Å²) in [7, 11) is 1.62. The fourth-order valence-electron chi connectivity index (χ4n) is 2.65. The second kappa shape index (κ2) is 9.58. The molecule has 28 heavy (non-hydrogen) atoms.